The normalized spacial score (nSPS) is 45.1. The maximum atomic E-state index is 13.4. The summed E-state index contributed by atoms with van der Waals surface area (Å²) in [6.07, 6.45) is -8.16. The molecule has 2 saturated carbocycles. The van der Waals surface area contributed by atoms with E-state index in [2.05, 4.69) is 0 Å². The molecule has 3 fully saturated rings. The Bertz CT molecular complexity index is 1100. The van der Waals surface area contributed by atoms with Crippen LogP contribution < -0.4 is 0 Å². The quantitative estimate of drug-likeness (QED) is 0.182. The molecule has 6 N–H and O–H groups in total. The first kappa shape index (κ1) is 33.5. The van der Waals surface area contributed by atoms with E-state index in [4.69, 9.17) is 9.47 Å². The molecule has 4 aliphatic rings. The van der Waals surface area contributed by atoms with E-state index in [1.165, 1.54) is 6.92 Å². The number of carbonyl (C=O) groups excluding carboxylic acids is 1. The number of esters is 1. The van der Waals surface area contributed by atoms with Crippen molar-refractivity contribution in [2.75, 3.05) is 6.61 Å². The second kappa shape index (κ2) is 11.3. The molecular weight excluding hydrogens is 922 g/mol. The summed E-state index contributed by atoms with van der Waals surface area (Å²) in [5, 5.41) is 69.8. The topological polar surface area (TPSA) is 157 Å². The Hall–Kier alpha value is 1.03. The molecule has 3 aliphatic carbocycles. The van der Waals surface area contributed by atoms with Crippen LogP contribution in [0.2, 0.25) is 0 Å². The van der Waals surface area contributed by atoms with Gasteiger partial charge in [0.25, 0.3) is 0 Å². The smallest absolute Gasteiger partial charge is 0.338 e. The van der Waals surface area contributed by atoms with Crippen LogP contribution in [0.5, 0.6) is 0 Å². The van der Waals surface area contributed by atoms with Gasteiger partial charge in [0.1, 0.15) is 23.4 Å². The molecule has 1 saturated heterocycles. The van der Waals surface area contributed by atoms with Crippen LogP contribution in [0, 0.1) is 105 Å². The van der Waals surface area contributed by atoms with E-state index in [1.54, 1.807) is 51.1 Å². The number of rotatable bonds is 2. The zero-order chi connectivity index (χ0) is 26.4. The number of fused-ring (bicyclic) bond motifs is 5. The predicted octanol–water partition coefficient (Wildman–Crippen LogP) is 0.303. The Labute approximate surface area is 294 Å². The molecule has 0 spiro atoms. The molecule has 38 heavy (non-hydrogen) atoms. The number of hydrogen-bond donors (Lipinski definition) is 6. The van der Waals surface area contributed by atoms with Crippen molar-refractivity contribution in [3.05, 3.63) is 47.0 Å². The Morgan fingerprint density at radius 1 is 1.03 bits per heavy atom. The van der Waals surface area contributed by atoms with Crippen LogP contribution in [0.15, 0.2) is 41.5 Å². The fourth-order valence-electron chi connectivity index (χ4n) is 7.49. The number of carbonyl (C=O) groups is 1. The number of aliphatic hydroxyl groups excluding tert-OH is 4. The van der Waals surface area contributed by atoms with E-state index >= 15 is 0 Å². The fraction of sp³-hybridized carbons (Fsp3) is 0.667. The van der Waals surface area contributed by atoms with Gasteiger partial charge >= 0.3 is 5.97 Å². The van der Waals surface area contributed by atoms with E-state index in [-0.39, 0.29) is 119 Å². The van der Waals surface area contributed by atoms with Crippen molar-refractivity contribution >= 4 is 5.97 Å². The molecule has 2 bridgehead atoms. The third kappa shape index (κ3) is 4.53. The van der Waals surface area contributed by atoms with Crippen molar-refractivity contribution in [3.63, 3.8) is 0 Å². The first-order valence-corrected chi connectivity index (χ1v) is 12.5. The van der Waals surface area contributed by atoms with Crippen molar-refractivity contribution in [1.82, 2.24) is 0 Å². The van der Waals surface area contributed by atoms with Gasteiger partial charge in [0, 0.05) is 118 Å². The van der Waals surface area contributed by atoms with Gasteiger partial charge in [-0.1, -0.05) is 39.0 Å². The molecule has 204 valence electrons. The van der Waals surface area contributed by atoms with Gasteiger partial charge in [0.2, 0.25) is 0 Å². The summed E-state index contributed by atoms with van der Waals surface area (Å²) >= 11 is 0. The van der Waals surface area contributed by atoms with E-state index < -0.39 is 70.5 Å². The third-order valence-electron chi connectivity index (χ3n) is 9.87. The Balaban J connectivity index is 0.00000200. The van der Waals surface area contributed by atoms with Crippen LogP contribution in [0.25, 0.3) is 0 Å². The molecule has 2 radical (unpaired) electrons. The number of hydrogen-bond acceptors (Lipinski definition) is 9. The molecule has 10 atom stereocenters. The third-order valence-corrected chi connectivity index (χ3v) is 9.87. The van der Waals surface area contributed by atoms with Crippen LogP contribution in [0.3, 0.4) is 0 Å². The molecule has 0 amide bonds. The van der Waals surface area contributed by atoms with Gasteiger partial charge in [-0.3, -0.25) is 0 Å². The minimum atomic E-state index is -1.98. The molecular formula is C27H36Ac2O9. The van der Waals surface area contributed by atoms with E-state index in [9.17, 15) is 35.4 Å². The first-order chi connectivity index (χ1) is 16.7. The monoisotopic (exact) mass is 958 g/mol. The number of benzene rings is 1. The van der Waals surface area contributed by atoms with Crippen molar-refractivity contribution in [3.8, 4) is 0 Å². The summed E-state index contributed by atoms with van der Waals surface area (Å²) in [5.41, 5.74) is -5.70. The van der Waals surface area contributed by atoms with Gasteiger partial charge in [0.05, 0.1) is 36.6 Å². The van der Waals surface area contributed by atoms with E-state index in [0.29, 0.717) is 5.57 Å². The molecule has 0 aromatic heterocycles. The van der Waals surface area contributed by atoms with Crippen molar-refractivity contribution < 1.29 is 133 Å². The Morgan fingerprint density at radius 2 is 1.63 bits per heavy atom. The average Bonchev–Trinajstić information content (AvgIpc) is 2.83. The molecule has 11 heteroatoms. The van der Waals surface area contributed by atoms with E-state index in [1.807, 2.05) is 0 Å². The first-order valence-electron chi connectivity index (χ1n) is 12.5. The Kier molecular flexibility index (Phi) is 9.95. The summed E-state index contributed by atoms with van der Waals surface area (Å²) in [5.74, 6) is -1.99. The van der Waals surface area contributed by atoms with Crippen LogP contribution in [0.1, 0.15) is 50.9 Å². The SMILES string of the molecule is CC1=C2C(O)C(O)C3(C)C(O)CC4OCC4(O)C3C(OC(=O)c3ccccc3)C(O)(CC1O)C2(C)C.[Ac].[Ac]. The minimum Gasteiger partial charge on any atom is -0.455 e. The maximum Gasteiger partial charge on any atom is 0.338 e. The van der Waals surface area contributed by atoms with Crippen molar-refractivity contribution in [2.45, 2.75) is 88.4 Å². The molecule has 1 aromatic carbocycles. The summed E-state index contributed by atoms with van der Waals surface area (Å²) in [6.45, 7) is 6.34. The van der Waals surface area contributed by atoms with Crippen LogP contribution >= 0.6 is 0 Å². The van der Waals surface area contributed by atoms with Gasteiger partial charge in [-0.15, -0.1) is 0 Å². The van der Waals surface area contributed by atoms with Gasteiger partial charge < -0.3 is 40.1 Å². The average molecular weight is 959 g/mol. The molecule has 1 heterocycles. The van der Waals surface area contributed by atoms with Crippen LogP contribution in [0.4, 0.5) is 0 Å². The summed E-state index contributed by atoms with van der Waals surface area (Å²) in [6, 6.07) is 8.19. The second-order valence-corrected chi connectivity index (χ2v) is 11.8. The van der Waals surface area contributed by atoms with E-state index in [0.717, 1.165) is 0 Å². The molecule has 9 nitrogen and oxygen atoms in total. The molecule has 10 unspecified atom stereocenters. The zero-order valence-corrected chi connectivity index (χ0v) is 31.6. The van der Waals surface area contributed by atoms with Gasteiger partial charge in [-0.2, -0.15) is 0 Å². The van der Waals surface area contributed by atoms with Gasteiger partial charge in [-0.05, 0) is 30.2 Å². The van der Waals surface area contributed by atoms with Crippen LogP contribution in [-0.2, 0) is 9.47 Å². The maximum absolute atomic E-state index is 13.4. The summed E-state index contributed by atoms with van der Waals surface area (Å²) < 4.78 is 11.6. The number of ether oxygens (including phenoxy) is 2. The fourth-order valence-corrected chi connectivity index (χ4v) is 7.49. The zero-order valence-electron chi connectivity index (χ0n) is 22.1. The number of aliphatic hydroxyl groups is 6. The molecule has 1 aliphatic heterocycles. The van der Waals surface area contributed by atoms with Crippen molar-refractivity contribution in [2.24, 2.45) is 16.7 Å². The minimum absolute atomic E-state index is 0. The summed E-state index contributed by atoms with van der Waals surface area (Å²) in [7, 11) is 0. The van der Waals surface area contributed by atoms with Gasteiger partial charge in [-0.25, -0.2) is 4.79 Å². The summed E-state index contributed by atoms with van der Waals surface area (Å²) in [4.78, 5) is 13.4. The largest absolute Gasteiger partial charge is 0.455 e. The predicted molar refractivity (Wildman–Crippen MR) is 127 cm³/mol. The van der Waals surface area contributed by atoms with Crippen molar-refractivity contribution in [1.29, 1.82) is 0 Å². The molecule has 1 aromatic rings. The second-order valence-electron chi connectivity index (χ2n) is 11.8. The van der Waals surface area contributed by atoms with Gasteiger partial charge in [0.15, 0.2) is 0 Å². The molecule has 5 rings (SSSR count). The standard InChI is InChI=1S/C27H36O9.2Ac/c1-13-15(28)11-27(34)22(36-23(32)14-8-6-5-7-9-14)20-25(4,16(29)10-17-26(20,33)12-35-17)21(31)19(30)18(13)24(27,2)3;;/h5-9,15-17,19-22,28-31,33-34H,10-12H2,1-4H3;;. The Morgan fingerprint density at radius 3 is 2.18 bits per heavy atom. The van der Waals surface area contributed by atoms with Crippen LogP contribution in [-0.4, -0.2) is 91.0 Å².